The molecule has 0 amide bonds. The molecule has 1 atom stereocenters. The molecule has 0 unspecified atom stereocenters. The zero-order chi connectivity index (χ0) is 21.7. The van der Waals surface area contributed by atoms with Crippen LogP contribution in [0.5, 0.6) is 0 Å². The molecule has 2 heterocycles. The van der Waals surface area contributed by atoms with E-state index in [1.165, 1.54) is 5.56 Å². The molecular weight excluding hydrogens is 376 g/mol. The number of hydrogen-bond donors (Lipinski definition) is 3. The Morgan fingerprint density at radius 3 is 2.37 bits per heavy atom. The third kappa shape index (κ3) is 5.51. The van der Waals surface area contributed by atoms with Gasteiger partial charge in [0.05, 0.1) is 23.8 Å². The van der Waals surface area contributed by atoms with Crippen LogP contribution in [0.3, 0.4) is 0 Å². The van der Waals surface area contributed by atoms with Crippen molar-refractivity contribution >= 4 is 11.6 Å². The summed E-state index contributed by atoms with van der Waals surface area (Å²) in [6.07, 6.45) is 4.00. The molecule has 0 spiro atoms. The van der Waals surface area contributed by atoms with Gasteiger partial charge in [-0.3, -0.25) is 4.98 Å². The van der Waals surface area contributed by atoms with Gasteiger partial charge >= 0.3 is 0 Å². The third-order valence-corrected chi connectivity index (χ3v) is 5.08. The molecule has 2 aromatic heterocycles. The Balaban J connectivity index is 1.59. The lowest BCUT2D eigenvalue weighted by atomic mass is 10.0. The number of aromatic nitrogens is 4. The van der Waals surface area contributed by atoms with Crippen molar-refractivity contribution < 1.29 is 5.11 Å². The Labute approximate surface area is 178 Å². The first kappa shape index (κ1) is 21.6. The molecule has 0 radical (unpaired) electrons. The highest BCUT2D eigenvalue weighted by Gasteiger charge is 2.18. The van der Waals surface area contributed by atoms with Gasteiger partial charge in [0, 0.05) is 19.0 Å². The average molecular weight is 407 g/mol. The van der Waals surface area contributed by atoms with E-state index >= 15 is 0 Å². The molecule has 0 aliphatic rings. The van der Waals surface area contributed by atoms with Crippen molar-refractivity contribution in [2.45, 2.75) is 52.7 Å². The summed E-state index contributed by atoms with van der Waals surface area (Å²) in [4.78, 5) is 8.61. The Kier molecular flexibility index (Phi) is 6.62. The molecule has 3 rings (SSSR count). The topological polar surface area (TPSA) is 95.9 Å². The van der Waals surface area contributed by atoms with Crippen molar-refractivity contribution in [2.24, 2.45) is 0 Å². The van der Waals surface area contributed by atoms with E-state index in [0.717, 1.165) is 29.1 Å². The van der Waals surface area contributed by atoms with Crippen LogP contribution in [0.25, 0.3) is 0 Å². The van der Waals surface area contributed by atoms with Crippen molar-refractivity contribution in [3.8, 4) is 0 Å². The molecule has 0 bridgehead atoms. The lowest BCUT2D eigenvalue weighted by Crippen LogP contribution is -2.27. The summed E-state index contributed by atoms with van der Waals surface area (Å²) in [6, 6.07) is 10.4. The molecule has 0 saturated heterocycles. The smallest absolute Gasteiger partial charge is 0.151 e. The summed E-state index contributed by atoms with van der Waals surface area (Å²) in [5.41, 5.74) is 4.03. The quantitative estimate of drug-likeness (QED) is 0.526. The SMILES string of the molecule is Cc1c(Cc2ccccc2)nnc(NC[C@@H](C)Nc2cnc(C(C)(C)O)cn2)c1C. The molecule has 158 valence electrons. The molecule has 1 aromatic carbocycles. The number of nitrogens with one attached hydrogen (secondary N) is 2. The highest BCUT2D eigenvalue weighted by atomic mass is 16.3. The van der Waals surface area contributed by atoms with E-state index in [2.05, 4.69) is 63.7 Å². The first-order valence-corrected chi connectivity index (χ1v) is 10.2. The highest BCUT2D eigenvalue weighted by Crippen LogP contribution is 2.20. The molecule has 0 fully saturated rings. The second-order valence-electron chi connectivity index (χ2n) is 8.18. The van der Waals surface area contributed by atoms with Crippen LogP contribution in [0.4, 0.5) is 11.6 Å². The number of anilines is 2. The van der Waals surface area contributed by atoms with E-state index in [0.29, 0.717) is 18.1 Å². The number of aliphatic hydroxyl groups is 1. The first-order valence-electron chi connectivity index (χ1n) is 10.2. The van der Waals surface area contributed by atoms with Crippen molar-refractivity contribution in [1.82, 2.24) is 20.2 Å². The number of rotatable bonds is 8. The van der Waals surface area contributed by atoms with Crippen LogP contribution < -0.4 is 10.6 Å². The van der Waals surface area contributed by atoms with Crippen molar-refractivity contribution in [3.63, 3.8) is 0 Å². The number of benzene rings is 1. The minimum atomic E-state index is -1.00. The fourth-order valence-corrected chi connectivity index (χ4v) is 3.05. The van der Waals surface area contributed by atoms with Crippen LogP contribution in [-0.2, 0) is 12.0 Å². The summed E-state index contributed by atoms with van der Waals surface area (Å²) < 4.78 is 0. The van der Waals surface area contributed by atoms with Crippen LogP contribution in [0.1, 0.15) is 48.8 Å². The van der Waals surface area contributed by atoms with E-state index in [9.17, 15) is 5.11 Å². The van der Waals surface area contributed by atoms with Crippen molar-refractivity contribution in [3.05, 3.63) is 70.8 Å². The fraction of sp³-hybridized carbons (Fsp3) is 0.391. The monoisotopic (exact) mass is 406 g/mol. The Morgan fingerprint density at radius 1 is 1.00 bits per heavy atom. The second kappa shape index (κ2) is 9.17. The van der Waals surface area contributed by atoms with Crippen LogP contribution in [0, 0.1) is 13.8 Å². The van der Waals surface area contributed by atoms with Gasteiger partial charge in [-0.15, -0.1) is 5.10 Å². The van der Waals surface area contributed by atoms with Crippen molar-refractivity contribution in [1.29, 1.82) is 0 Å². The summed E-state index contributed by atoms with van der Waals surface area (Å²) in [5.74, 6) is 1.45. The minimum absolute atomic E-state index is 0.0952. The van der Waals surface area contributed by atoms with Gasteiger partial charge in [0.2, 0.25) is 0 Å². The summed E-state index contributed by atoms with van der Waals surface area (Å²) in [7, 11) is 0. The summed E-state index contributed by atoms with van der Waals surface area (Å²) in [6.45, 7) is 10.2. The maximum atomic E-state index is 9.98. The molecular formula is C23H30N6O. The maximum absolute atomic E-state index is 9.98. The van der Waals surface area contributed by atoms with E-state index in [1.807, 2.05) is 18.2 Å². The maximum Gasteiger partial charge on any atom is 0.151 e. The zero-order valence-corrected chi connectivity index (χ0v) is 18.3. The normalized spacial score (nSPS) is 12.5. The Morgan fingerprint density at radius 2 is 1.73 bits per heavy atom. The lowest BCUT2D eigenvalue weighted by Gasteiger charge is -2.19. The average Bonchev–Trinajstić information content (AvgIpc) is 2.71. The summed E-state index contributed by atoms with van der Waals surface area (Å²) in [5, 5.41) is 25.5. The van der Waals surface area contributed by atoms with Gasteiger partial charge in [-0.2, -0.15) is 5.10 Å². The van der Waals surface area contributed by atoms with E-state index in [4.69, 9.17) is 0 Å². The Hall–Kier alpha value is -3.06. The van der Waals surface area contributed by atoms with E-state index < -0.39 is 5.60 Å². The zero-order valence-electron chi connectivity index (χ0n) is 18.3. The minimum Gasteiger partial charge on any atom is -0.384 e. The van der Waals surface area contributed by atoms with E-state index in [-0.39, 0.29) is 6.04 Å². The Bertz CT molecular complexity index is 967. The first-order chi connectivity index (χ1) is 14.2. The molecule has 7 nitrogen and oxygen atoms in total. The van der Waals surface area contributed by atoms with Gasteiger partial charge in [0.25, 0.3) is 0 Å². The predicted molar refractivity (Wildman–Crippen MR) is 120 cm³/mol. The number of nitrogens with zero attached hydrogens (tertiary/aromatic N) is 4. The van der Waals surface area contributed by atoms with Gasteiger partial charge in [-0.05, 0) is 51.3 Å². The predicted octanol–water partition coefficient (Wildman–Crippen LogP) is 3.61. The van der Waals surface area contributed by atoms with Crippen LogP contribution in [-0.4, -0.2) is 37.9 Å². The van der Waals surface area contributed by atoms with Crippen LogP contribution in [0.15, 0.2) is 42.7 Å². The molecule has 0 aliphatic carbocycles. The van der Waals surface area contributed by atoms with Crippen molar-refractivity contribution in [2.75, 3.05) is 17.2 Å². The molecule has 3 N–H and O–H groups in total. The molecule has 0 saturated carbocycles. The second-order valence-corrected chi connectivity index (χ2v) is 8.18. The van der Waals surface area contributed by atoms with Crippen LogP contribution >= 0.6 is 0 Å². The lowest BCUT2D eigenvalue weighted by molar-refractivity contribution is 0.0734. The fourth-order valence-electron chi connectivity index (χ4n) is 3.05. The molecule has 7 heteroatoms. The molecule has 3 aromatic rings. The van der Waals surface area contributed by atoms with Gasteiger partial charge in [-0.25, -0.2) is 4.98 Å². The largest absolute Gasteiger partial charge is 0.384 e. The van der Waals surface area contributed by atoms with Gasteiger partial charge in [0.15, 0.2) is 5.82 Å². The third-order valence-electron chi connectivity index (χ3n) is 5.08. The van der Waals surface area contributed by atoms with Crippen LogP contribution in [0.2, 0.25) is 0 Å². The van der Waals surface area contributed by atoms with Gasteiger partial charge in [-0.1, -0.05) is 30.3 Å². The van der Waals surface area contributed by atoms with Gasteiger partial charge in [0.1, 0.15) is 11.4 Å². The highest BCUT2D eigenvalue weighted by molar-refractivity contribution is 5.48. The molecule has 30 heavy (non-hydrogen) atoms. The molecule has 0 aliphatic heterocycles. The van der Waals surface area contributed by atoms with Gasteiger partial charge < -0.3 is 15.7 Å². The summed E-state index contributed by atoms with van der Waals surface area (Å²) >= 11 is 0. The van der Waals surface area contributed by atoms with E-state index in [1.54, 1.807) is 26.2 Å². The standard InChI is InChI=1S/C23H30N6O/c1-15(27-21-14-24-20(13-25-21)23(4,5)30)12-26-22-17(3)16(2)19(28-29-22)11-18-9-7-6-8-10-18/h6-10,13-15,30H,11-12H2,1-5H3,(H,25,27)(H,26,29)/t15-/m1/s1. The number of hydrogen-bond acceptors (Lipinski definition) is 7.